The van der Waals surface area contributed by atoms with Crippen molar-refractivity contribution in [2.24, 2.45) is 5.73 Å². The third-order valence-electron chi connectivity index (χ3n) is 4.62. The van der Waals surface area contributed by atoms with Crippen molar-refractivity contribution < 1.29 is 22.7 Å². The number of alkyl halides is 3. The van der Waals surface area contributed by atoms with E-state index in [1.54, 1.807) is 6.07 Å². The lowest BCUT2D eigenvalue weighted by atomic mass is 9.79. The van der Waals surface area contributed by atoms with E-state index in [9.17, 15) is 18.0 Å². The fraction of sp³-hybridized carbons (Fsp3) is 0.611. The maximum Gasteiger partial charge on any atom is 0.416 e. The first-order valence-corrected chi connectivity index (χ1v) is 8.67. The number of hydrogen-bond donors (Lipinski definition) is 2. The largest absolute Gasteiger partial charge is 0.450 e. The van der Waals surface area contributed by atoms with Gasteiger partial charge in [0.05, 0.1) is 12.2 Å². The quantitative estimate of drug-likeness (QED) is 0.776. The molecule has 0 radical (unpaired) electrons. The summed E-state index contributed by atoms with van der Waals surface area (Å²) in [5.41, 5.74) is 6.15. The van der Waals surface area contributed by atoms with Gasteiger partial charge in [-0.2, -0.15) is 13.2 Å². The molecule has 3 N–H and O–H groups in total. The fourth-order valence-electron chi connectivity index (χ4n) is 3.16. The van der Waals surface area contributed by atoms with Gasteiger partial charge in [0, 0.05) is 12.1 Å². The number of unbranched alkanes of at least 4 members (excludes halogenated alkanes) is 1. The van der Waals surface area contributed by atoms with Crippen LogP contribution in [0.5, 0.6) is 0 Å². The maximum absolute atomic E-state index is 12.9. The van der Waals surface area contributed by atoms with E-state index in [1.807, 2.05) is 6.92 Å². The molecule has 3 atom stereocenters. The van der Waals surface area contributed by atoms with Gasteiger partial charge in [-0.05, 0) is 43.2 Å². The number of alkyl carbamates (subject to hydrolysis) is 1. The second-order valence-corrected chi connectivity index (χ2v) is 6.54. The van der Waals surface area contributed by atoms with Crippen LogP contribution in [0, 0.1) is 0 Å². The van der Waals surface area contributed by atoms with E-state index in [0.29, 0.717) is 31.4 Å². The molecule has 0 spiro atoms. The van der Waals surface area contributed by atoms with Gasteiger partial charge in [-0.25, -0.2) is 4.79 Å². The Balaban J connectivity index is 1.92. The summed E-state index contributed by atoms with van der Waals surface area (Å²) in [7, 11) is 0. The van der Waals surface area contributed by atoms with Gasteiger partial charge in [0.2, 0.25) is 0 Å². The number of benzene rings is 1. The van der Waals surface area contributed by atoms with Crippen molar-refractivity contribution in [2.45, 2.75) is 63.2 Å². The molecule has 1 aromatic carbocycles. The van der Waals surface area contributed by atoms with Gasteiger partial charge in [0.1, 0.15) is 0 Å². The predicted molar refractivity (Wildman–Crippen MR) is 89.2 cm³/mol. The second-order valence-electron chi connectivity index (χ2n) is 6.54. The van der Waals surface area contributed by atoms with Crippen LogP contribution in [0.4, 0.5) is 18.0 Å². The van der Waals surface area contributed by atoms with Crippen LogP contribution in [0.25, 0.3) is 0 Å². The molecule has 0 saturated heterocycles. The van der Waals surface area contributed by atoms with Crippen LogP contribution in [-0.2, 0) is 10.9 Å². The molecule has 1 aliphatic rings. The molecule has 25 heavy (non-hydrogen) atoms. The monoisotopic (exact) mass is 358 g/mol. The molecule has 0 aliphatic heterocycles. The first-order valence-electron chi connectivity index (χ1n) is 8.67. The highest BCUT2D eigenvalue weighted by Crippen LogP contribution is 2.36. The minimum atomic E-state index is -4.35. The SMILES string of the molecule is CCCCOC(=O)NC1CCC(c2cccc(C(F)(F)F)c2)CC1N. The van der Waals surface area contributed by atoms with E-state index >= 15 is 0 Å². The number of rotatable bonds is 5. The summed E-state index contributed by atoms with van der Waals surface area (Å²) in [5.74, 6) is -0.0357. The second kappa shape index (κ2) is 8.56. The summed E-state index contributed by atoms with van der Waals surface area (Å²) in [6.07, 6.45) is -1.26. The molecule has 140 valence electrons. The van der Waals surface area contributed by atoms with Gasteiger partial charge in [0.25, 0.3) is 0 Å². The number of halogens is 3. The third kappa shape index (κ3) is 5.63. The predicted octanol–water partition coefficient (Wildman–Crippen LogP) is 4.20. The molecule has 0 bridgehead atoms. The van der Waals surface area contributed by atoms with Crippen molar-refractivity contribution >= 4 is 6.09 Å². The normalized spacial score (nSPS) is 24.0. The number of carbonyl (C=O) groups excluding carboxylic acids is 1. The van der Waals surface area contributed by atoms with Gasteiger partial charge in [-0.3, -0.25) is 0 Å². The molecule has 1 aromatic rings. The van der Waals surface area contributed by atoms with E-state index in [4.69, 9.17) is 10.5 Å². The Bertz CT molecular complexity index is 578. The molecular weight excluding hydrogens is 333 g/mol. The fourth-order valence-corrected chi connectivity index (χ4v) is 3.16. The van der Waals surface area contributed by atoms with E-state index < -0.39 is 17.8 Å². The van der Waals surface area contributed by atoms with Crippen LogP contribution in [0.2, 0.25) is 0 Å². The summed E-state index contributed by atoms with van der Waals surface area (Å²) < 4.78 is 43.6. The zero-order valence-electron chi connectivity index (χ0n) is 14.3. The topological polar surface area (TPSA) is 64.3 Å². The molecule has 1 saturated carbocycles. The Morgan fingerprint density at radius 2 is 2.12 bits per heavy atom. The Hall–Kier alpha value is -1.76. The van der Waals surface area contributed by atoms with Crippen molar-refractivity contribution in [1.29, 1.82) is 0 Å². The average Bonchev–Trinajstić information content (AvgIpc) is 2.56. The van der Waals surface area contributed by atoms with Gasteiger partial charge < -0.3 is 15.8 Å². The smallest absolute Gasteiger partial charge is 0.416 e. The molecule has 7 heteroatoms. The minimum absolute atomic E-state index is 0.0357. The molecule has 1 fully saturated rings. The Morgan fingerprint density at radius 3 is 2.76 bits per heavy atom. The standard InChI is InChI=1S/C18H25F3N2O2/c1-2-3-9-25-17(24)23-16-8-7-13(11-15(16)22)12-5-4-6-14(10-12)18(19,20)21/h4-6,10,13,15-16H,2-3,7-9,11,22H2,1H3,(H,23,24). The van der Waals surface area contributed by atoms with E-state index in [2.05, 4.69) is 5.32 Å². The third-order valence-corrected chi connectivity index (χ3v) is 4.62. The lowest BCUT2D eigenvalue weighted by Gasteiger charge is -2.34. The van der Waals surface area contributed by atoms with Crippen molar-refractivity contribution in [1.82, 2.24) is 5.32 Å². The zero-order chi connectivity index (χ0) is 18.4. The van der Waals surface area contributed by atoms with Crippen LogP contribution < -0.4 is 11.1 Å². The van der Waals surface area contributed by atoms with Crippen LogP contribution in [0.3, 0.4) is 0 Å². The number of ether oxygens (including phenoxy) is 1. The highest BCUT2D eigenvalue weighted by molar-refractivity contribution is 5.67. The molecule has 3 unspecified atom stereocenters. The first-order chi connectivity index (χ1) is 11.8. The highest BCUT2D eigenvalue weighted by Gasteiger charge is 2.33. The first kappa shape index (κ1) is 19.6. The van der Waals surface area contributed by atoms with Gasteiger partial charge in [0.15, 0.2) is 0 Å². The van der Waals surface area contributed by atoms with E-state index in [1.165, 1.54) is 12.1 Å². The molecular formula is C18H25F3N2O2. The number of hydrogen-bond acceptors (Lipinski definition) is 3. The Labute approximate surface area is 145 Å². The van der Waals surface area contributed by atoms with Crippen molar-refractivity contribution in [2.75, 3.05) is 6.61 Å². The number of nitrogens with one attached hydrogen (secondary N) is 1. The molecule has 0 heterocycles. The number of nitrogens with two attached hydrogens (primary N) is 1. The summed E-state index contributed by atoms with van der Waals surface area (Å²) >= 11 is 0. The lowest BCUT2D eigenvalue weighted by Crippen LogP contribution is -2.50. The molecule has 2 rings (SSSR count). The summed E-state index contributed by atoms with van der Waals surface area (Å²) in [6, 6.07) is 4.88. The maximum atomic E-state index is 12.9. The van der Waals surface area contributed by atoms with Gasteiger partial charge in [-0.15, -0.1) is 0 Å². The Kier molecular flexibility index (Phi) is 6.70. The van der Waals surface area contributed by atoms with Crippen molar-refractivity contribution in [3.05, 3.63) is 35.4 Å². The molecule has 4 nitrogen and oxygen atoms in total. The summed E-state index contributed by atoms with van der Waals surface area (Å²) in [4.78, 5) is 11.7. The summed E-state index contributed by atoms with van der Waals surface area (Å²) in [6.45, 7) is 2.38. The highest BCUT2D eigenvalue weighted by atomic mass is 19.4. The van der Waals surface area contributed by atoms with Gasteiger partial charge in [-0.1, -0.05) is 31.5 Å². The number of carbonyl (C=O) groups is 1. The summed E-state index contributed by atoms with van der Waals surface area (Å²) in [5, 5.41) is 2.77. The van der Waals surface area contributed by atoms with Crippen molar-refractivity contribution in [3.63, 3.8) is 0 Å². The van der Waals surface area contributed by atoms with Crippen LogP contribution in [0.15, 0.2) is 24.3 Å². The molecule has 1 aliphatic carbocycles. The zero-order valence-corrected chi connectivity index (χ0v) is 14.3. The van der Waals surface area contributed by atoms with Crippen LogP contribution in [0.1, 0.15) is 56.1 Å². The minimum Gasteiger partial charge on any atom is -0.450 e. The number of amides is 1. The molecule has 0 aromatic heterocycles. The molecule has 1 amide bonds. The van der Waals surface area contributed by atoms with Gasteiger partial charge >= 0.3 is 12.3 Å². The lowest BCUT2D eigenvalue weighted by molar-refractivity contribution is -0.137. The average molecular weight is 358 g/mol. The Morgan fingerprint density at radius 1 is 1.36 bits per heavy atom. The van der Waals surface area contributed by atoms with E-state index in [0.717, 1.165) is 18.9 Å². The van der Waals surface area contributed by atoms with E-state index in [-0.39, 0.29) is 18.0 Å². The van der Waals surface area contributed by atoms with Crippen molar-refractivity contribution in [3.8, 4) is 0 Å². The van der Waals surface area contributed by atoms with Crippen LogP contribution >= 0.6 is 0 Å². The van der Waals surface area contributed by atoms with Crippen LogP contribution in [-0.4, -0.2) is 24.8 Å².